The molecule has 2 aromatic rings. The summed E-state index contributed by atoms with van der Waals surface area (Å²) in [5.74, 6) is -0.480. The summed E-state index contributed by atoms with van der Waals surface area (Å²) in [6.45, 7) is 1.95. The van der Waals surface area contributed by atoms with Crippen molar-refractivity contribution in [3.05, 3.63) is 54.9 Å². The Bertz CT molecular complexity index is 536. The zero-order valence-electron chi connectivity index (χ0n) is 8.88. The highest BCUT2D eigenvalue weighted by molar-refractivity contribution is 9.11. The highest BCUT2D eigenvalue weighted by Crippen LogP contribution is 2.35. The number of aliphatic hydroxyl groups excluding tert-OH is 1. The van der Waals surface area contributed by atoms with E-state index in [9.17, 15) is 9.50 Å². The van der Waals surface area contributed by atoms with Gasteiger partial charge < -0.3 is 5.11 Å². The number of aryl methyl sites for hydroxylation is 1. The second kappa shape index (κ2) is 5.06. The van der Waals surface area contributed by atoms with Gasteiger partial charge in [0.2, 0.25) is 0 Å². The second-order valence-corrected chi connectivity index (χ2v) is 6.49. The maximum atomic E-state index is 13.0. The summed E-state index contributed by atoms with van der Waals surface area (Å²) in [5.41, 5.74) is 1.66. The molecule has 0 bridgehead atoms. The van der Waals surface area contributed by atoms with Crippen molar-refractivity contribution in [1.82, 2.24) is 0 Å². The molecule has 0 fully saturated rings. The molecule has 0 spiro atoms. The maximum absolute atomic E-state index is 13.0. The van der Waals surface area contributed by atoms with Crippen molar-refractivity contribution in [2.45, 2.75) is 13.0 Å². The van der Waals surface area contributed by atoms with Crippen LogP contribution < -0.4 is 0 Å². The molecule has 1 atom stereocenters. The predicted molar refractivity (Wildman–Crippen MR) is 72.2 cm³/mol. The van der Waals surface area contributed by atoms with E-state index in [1.165, 1.54) is 29.5 Å². The van der Waals surface area contributed by atoms with Crippen LogP contribution in [0.15, 0.2) is 28.1 Å². The van der Waals surface area contributed by atoms with Crippen molar-refractivity contribution in [2.75, 3.05) is 0 Å². The molecule has 1 nitrogen and oxygen atoms in total. The van der Waals surface area contributed by atoms with Crippen LogP contribution in [-0.2, 0) is 0 Å². The summed E-state index contributed by atoms with van der Waals surface area (Å²) in [6.07, 6.45) is -0.775. The molecule has 1 N–H and O–H groups in total. The van der Waals surface area contributed by atoms with Crippen LogP contribution in [0.3, 0.4) is 0 Å². The summed E-state index contributed by atoms with van der Waals surface area (Å²) in [5, 5.41) is 10.2. The Morgan fingerprint density at radius 3 is 2.65 bits per heavy atom. The summed E-state index contributed by atoms with van der Waals surface area (Å²) < 4.78 is 14.0. The molecular weight excluding hydrogens is 327 g/mol. The van der Waals surface area contributed by atoms with Crippen LogP contribution in [0.5, 0.6) is 0 Å². The lowest BCUT2D eigenvalue weighted by Gasteiger charge is -2.09. The van der Waals surface area contributed by atoms with Gasteiger partial charge in [-0.2, -0.15) is 0 Å². The minimum Gasteiger partial charge on any atom is -0.383 e. The van der Waals surface area contributed by atoms with Crippen LogP contribution in [0.25, 0.3) is 0 Å². The van der Waals surface area contributed by atoms with Gasteiger partial charge in [-0.05, 0) is 52.2 Å². The SMILES string of the molecule is Cc1cc(C(O)c2ccc(F)c(Cl)c2)sc1Br. The van der Waals surface area contributed by atoms with E-state index in [-0.39, 0.29) is 5.02 Å². The summed E-state index contributed by atoms with van der Waals surface area (Å²) in [4.78, 5) is 0.803. The molecule has 17 heavy (non-hydrogen) atoms. The van der Waals surface area contributed by atoms with Crippen molar-refractivity contribution in [1.29, 1.82) is 0 Å². The van der Waals surface area contributed by atoms with Gasteiger partial charge >= 0.3 is 0 Å². The van der Waals surface area contributed by atoms with Crippen molar-refractivity contribution >= 4 is 38.9 Å². The number of aliphatic hydroxyl groups is 1. The number of halogens is 3. The van der Waals surface area contributed by atoms with Gasteiger partial charge in [0.1, 0.15) is 11.9 Å². The monoisotopic (exact) mass is 334 g/mol. The van der Waals surface area contributed by atoms with E-state index in [4.69, 9.17) is 11.6 Å². The minimum atomic E-state index is -0.775. The van der Waals surface area contributed by atoms with Gasteiger partial charge in [0, 0.05) is 4.88 Å². The molecule has 0 saturated heterocycles. The largest absolute Gasteiger partial charge is 0.383 e. The maximum Gasteiger partial charge on any atom is 0.141 e. The molecule has 1 aromatic heterocycles. The number of thiophene rings is 1. The molecule has 0 amide bonds. The third kappa shape index (κ3) is 2.71. The summed E-state index contributed by atoms with van der Waals surface area (Å²) in [6, 6.07) is 6.15. The molecule has 5 heteroatoms. The molecule has 0 radical (unpaired) electrons. The highest BCUT2D eigenvalue weighted by Gasteiger charge is 2.15. The average Bonchev–Trinajstić information content (AvgIpc) is 2.62. The van der Waals surface area contributed by atoms with Gasteiger partial charge in [0.25, 0.3) is 0 Å². The van der Waals surface area contributed by atoms with Crippen LogP contribution in [0.4, 0.5) is 4.39 Å². The first-order valence-corrected chi connectivity index (χ1v) is 6.86. The Hall–Kier alpha value is -0.420. The Balaban J connectivity index is 2.36. The van der Waals surface area contributed by atoms with E-state index < -0.39 is 11.9 Å². The highest BCUT2D eigenvalue weighted by atomic mass is 79.9. The number of benzene rings is 1. The third-order valence-electron chi connectivity index (χ3n) is 2.41. The molecule has 1 aromatic carbocycles. The Morgan fingerprint density at radius 1 is 1.41 bits per heavy atom. The fourth-order valence-electron chi connectivity index (χ4n) is 1.47. The lowest BCUT2D eigenvalue weighted by atomic mass is 10.1. The van der Waals surface area contributed by atoms with Crippen LogP contribution in [-0.4, -0.2) is 5.11 Å². The van der Waals surface area contributed by atoms with E-state index in [0.29, 0.717) is 5.56 Å². The molecule has 0 aliphatic heterocycles. The zero-order valence-corrected chi connectivity index (χ0v) is 12.0. The quantitative estimate of drug-likeness (QED) is 0.844. The molecule has 1 unspecified atom stereocenters. The smallest absolute Gasteiger partial charge is 0.141 e. The fourth-order valence-corrected chi connectivity index (χ4v) is 3.24. The number of rotatable bonds is 2. The van der Waals surface area contributed by atoms with Crippen LogP contribution in [0, 0.1) is 12.7 Å². The molecule has 0 saturated carbocycles. The Labute approximate surface area is 116 Å². The summed E-state index contributed by atoms with van der Waals surface area (Å²) in [7, 11) is 0. The topological polar surface area (TPSA) is 20.2 Å². The molecule has 0 aliphatic rings. The van der Waals surface area contributed by atoms with E-state index in [1.54, 1.807) is 0 Å². The molecule has 2 rings (SSSR count). The normalized spacial score (nSPS) is 12.8. The molecule has 1 heterocycles. The van der Waals surface area contributed by atoms with E-state index >= 15 is 0 Å². The van der Waals surface area contributed by atoms with E-state index in [0.717, 1.165) is 14.2 Å². The van der Waals surface area contributed by atoms with Crippen LogP contribution in [0.2, 0.25) is 5.02 Å². The minimum absolute atomic E-state index is 0.0221. The standard InChI is InChI=1S/C12H9BrClFOS/c1-6-4-10(17-12(6)13)11(16)7-2-3-9(15)8(14)5-7/h2-5,11,16H,1H3. The van der Waals surface area contributed by atoms with Crippen molar-refractivity contribution < 1.29 is 9.50 Å². The van der Waals surface area contributed by atoms with Gasteiger partial charge in [-0.15, -0.1) is 11.3 Å². The first-order chi connectivity index (χ1) is 7.99. The van der Waals surface area contributed by atoms with Crippen LogP contribution >= 0.6 is 38.9 Å². The lowest BCUT2D eigenvalue weighted by Crippen LogP contribution is -1.97. The van der Waals surface area contributed by atoms with E-state index in [2.05, 4.69) is 15.9 Å². The van der Waals surface area contributed by atoms with Crippen molar-refractivity contribution in [2.24, 2.45) is 0 Å². The molecular formula is C12H9BrClFOS. The Kier molecular flexibility index (Phi) is 3.88. The van der Waals surface area contributed by atoms with Gasteiger partial charge in [-0.1, -0.05) is 17.7 Å². The Morgan fingerprint density at radius 2 is 2.12 bits per heavy atom. The first-order valence-electron chi connectivity index (χ1n) is 4.88. The third-order valence-corrected chi connectivity index (χ3v) is 4.88. The lowest BCUT2D eigenvalue weighted by molar-refractivity contribution is 0.224. The first kappa shape index (κ1) is 13.0. The fraction of sp³-hybridized carbons (Fsp3) is 0.167. The second-order valence-electron chi connectivity index (χ2n) is 3.68. The van der Waals surface area contributed by atoms with Gasteiger partial charge in [0.05, 0.1) is 8.81 Å². The van der Waals surface area contributed by atoms with E-state index in [1.807, 2.05) is 13.0 Å². The predicted octanol–water partition coefficient (Wildman–Crippen LogP) is 4.69. The average molecular weight is 336 g/mol. The zero-order chi connectivity index (χ0) is 12.6. The van der Waals surface area contributed by atoms with Gasteiger partial charge in [0.15, 0.2) is 0 Å². The molecule has 0 aliphatic carbocycles. The van der Waals surface area contributed by atoms with Crippen molar-refractivity contribution in [3.63, 3.8) is 0 Å². The van der Waals surface area contributed by atoms with Gasteiger partial charge in [-0.3, -0.25) is 0 Å². The van der Waals surface area contributed by atoms with Gasteiger partial charge in [-0.25, -0.2) is 4.39 Å². The van der Waals surface area contributed by atoms with Crippen molar-refractivity contribution in [3.8, 4) is 0 Å². The summed E-state index contributed by atoms with van der Waals surface area (Å²) >= 11 is 10.6. The number of hydrogen-bond acceptors (Lipinski definition) is 2. The van der Waals surface area contributed by atoms with Crippen LogP contribution in [0.1, 0.15) is 22.1 Å². The molecule has 90 valence electrons. The number of hydrogen-bond donors (Lipinski definition) is 1.